The molecule has 5 heteroatoms. The molecule has 0 rings (SSSR count). The first-order valence-electron chi connectivity index (χ1n) is 6.94. The highest BCUT2D eigenvalue weighted by atomic mass is 16.2. The van der Waals surface area contributed by atoms with Crippen molar-refractivity contribution in [2.24, 2.45) is 5.92 Å². The Hall–Kier alpha value is -1.10. The highest BCUT2D eigenvalue weighted by molar-refractivity contribution is 5.83. The molecule has 0 saturated carbocycles. The summed E-state index contributed by atoms with van der Waals surface area (Å²) in [6, 6.07) is -0.363. The Morgan fingerprint density at radius 1 is 1.11 bits per heavy atom. The molecule has 3 N–H and O–H groups in total. The van der Waals surface area contributed by atoms with Gasteiger partial charge in [0.15, 0.2) is 0 Å². The van der Waals surface area contributed by atoms with Crippen molar-refractivity contribution in [1.82, 2.24) is 16.0 Å². The van der Waals surface area contributed by atoms with Gasteiger partial charge in [-0.2, -0.15) is 0 Å². The predicted molar refractivity (Wildman–Crippen MR) is 77.8 cm³/mol. The second-order valence-electron chi connectivity index (χ2n) is 6.37. The second-order valence-corrected chi connectivity index (χ2v) is 6.37. The highest BCUT2D eigenvalue weighted by Gasteiger charge is 2.16. The van der Waals surface area contributed by atoms with E-state index in [1.165, 1.54) is 0 Å². The molecule has 2 amide bonds. The molecule has 0 aromatic rings. The Balaban J connectivity index is 3.87. The average Bonchev–Trinajstić information content (AvgIpc) is 2.22. The standard InChI is InChI=1S/C14H29N3O2/c1-10(2)7-8-15-13(19)11(3)16-9-12(18)17-14(4,5)6/h10-11,16H,7-9H2,1-6H3,(H,15,19)(H,17,18). The minimum Gasteiger partial charge on any atom is -0.355 e. The predicted octanol–water partition coefficient (Wildman–Crippen LogP) is 1.04. The van der Waals surface area contributed by atoms with E-state index >= 15 is 0 Å². The van der Waals surface area contributed by atoms with Gasteiger partial charge >= 0.3 is 0 Å². The van der Waals surface area contributed by atoms with Crippen molar-refractivity contribution in [2.45, 2.75) is 59.5 Å². The van der Waals surface area contributed by atoms with Gasteiger partial charge in [0.1, 0.15) is 0 Å². The van der Waals surface area contributed by atoms with Crippen LogP contribution in [0.5, 0.6) is 0 Å². The number of rotatable bonds is 7. The third-order valence-electron chi connectivity index (χ3n) is 2.50. The smallest absolute Gasteiger partial charge is 0.236 e. The molecule has 0 aliphatic carbocycles. The van der Waals surface area contributed by atoms with Crippen LogP contribution in [0.1, 0.15) is 48.0 Å². The topological polar surface area (TPSA) is 70.2 Å². The Labute approximate surface area is 116 Å². The molecule has 0 heterocycles. The molecular formula is C14H29N3O2. The zero-order valence-electron chi connectivity index (χ0n) is 13.1. The molecule has 0 aliphatic rings. The average molecular weight is 271 g/mol. The van der Waals surface area contributed by atoms with Gasteiger partial charge in [0.25, 0.3) is 0 Å². The molecule has 1 atom stereocenters. The minimum atomic E-state index is -0.363. The van der Waals surface area contributed by atoms with Gasteiger partial charge in [-0.1, -0.05) is 13.8 Å². The van der Waals surface area contributed by atoms with Gasteiger partial charge in [0.05, 0.1) is 12.6 Å². The van der Waals surface area contributed by atoms with E-state index in [1.54, 1.807) is 6.92 Å². The van der Waals surface area contributed by atoms with Crippen molar-refractivity contribution < 1.29 is 9.59 Å². The number of nitrogens with one attached hydrogen (secondary N) is 3. The summed E-state index contributed by atoms with van der Waals surface area (Å²) in [4.78, 5) is 23.3. The summed E-state index contributed by atoms with van der Waals surface area (Å²) in [5.41, 5.74) is -0.248. The van der Waals surface area contributed by atoms with E-state index in [9.17, 15) is 9.59 Å². The number of amides is 2. The number of hydrogen-bond donors (Lipinski definition) is 3. The maximum Gasteiger partial charge on any atom is 0.236 e. The van der Waals surface area contributed by atoms with E-state index in [-0.39, 0.29) is 29.9 Å². The minimum absolute atomic E-state index is 0.0655. The zero-order valence-corrected chi connectivity index (χ0v) is 13.1. The molecule has 0 radical (unpaired) electrons. The van der Waals surface area contributed by atoms with Crippen LogP contribution in [-0.4, -0.2) is 36.5 Å². The van der Waals surface area contributed by atoms with Gasteiger partial charge in [-0.25, -0.2) is 0 Å². The van der Waals surface area contributed by atoms with E-state index in [2.05, 4.69) is 29.8 Å². The summed E-state index contributed by atoms with van der Waals surface area (Å²) in [5.74, 6) is 0.402. The van der Waals surface area contributed by atoms with Gasteiger partial charge in [-0.3, -0.25) is 14.9 Å². The van der Waals surface area contributed by atoms with Crippen LogP contribution in [0.2, 0.25) is 0 Å². The summed E-state index contributed by atoms with van der Waals surface area (Å²) in [7, 11) is 0. The lowest BCUT2D eigenvalue weighted by Gasteiger charge is -2.21. The Kier molecular flexibility index (Phi) is 7.68. The fourth-order valence-corrected chi connectivity index (χ4v) is 1.44. The van der Waals surface area contributed by atoms with Crippen molar-refractivity contribution >= 4 is 11.8 Å². The molecule has 5 nitrogen and oxygen atoms in total. The van der Waals surface area contributed by atoms with E-state index in [0.29, 0.717) is 12.5 Å². The molecule has 0 aromatic heterocycles. The van der Waals surface area contributed by atoms with E-state index in [0.717, 1.165) is 6.42 Å². The van der Waals surface area contributed by atoms with Crippen molar-refractivity contribution in [3.63, 3.8) is 0 Å². The van der Waals surface area contributed by atoms with Gasteiger partial charge in [0.2, 0.25) is 11.8 Å². The monoisotopic (exact) mass is 271 g/mol. The molecule has 0 aliphatic heterocycles. The summed E-state index contributed by atoms with van der Waals surface area (Å²) >= 11 is 0. The second kappa shape index (κ2) is 8.15. The molecule has 0 bridgehead atoms. The first kappa shape index (κ1) is 17.9. The molecule has 112 valence electrons. The van der Waals surface area contributed by atoms with Gasteiger partial charge in [0, 0.05) is 12.1 Å². The largest absolute Gasteiger partial charge is 0.355 e. The van der Waals surface area contributed by atoms with Crippen LogP contribution in [0.25, 0.3) is 0 Å². The van der Waals surface area contributed by atoms with Crippen LogP contribution in [0, 0.1) is 5.92 Å². The normalized spacial score (nSPS) is 13.2. The summed E-state index contributed by atoms with van der Waals surface area (Å²) in [6.07, 6.45) is 0.961. The van der Waals surface area contributed by atoms with E-state index < -0.39 is 0 Å². The van der Waals surface area contributed by atoms with Crippen LogP contribution >= 0.6 is 0 Å². The van der Waals surface area contributed by atoms with Crippen LogP contribution < -0.4 is 16.0 Å². The van der Waals surface area contributed by atoms with E-state index in [1.807, 2.05) is 20.8 Å². The third-order valence-corrected chi connectivity index (χ3v) is 2.50. The Morgan fingerprint density at radius 2 is 1.68 bits per heavy atom. The molecule has 0 saturated heterocycles. The first-order valence-corrected chi connectivity index (χ1v) is 6.94. The molecule has 0 fully saturated rings. The van der Waals surface area contributed by atoms with Crippen molar-refractivity contribution in [2.75, 3.05) is 13.1 Å². The van der Waals surface area contributed by atoms with Crippen LogP contribution in [0.3, 0.4) is 0 Å². The lowest BCUT2D eigenvalue weighted by molar-refractivity contribution is -0.123. The first-order chi connectivity index (χ1) is 8.61. The maximum absolute atomic E-state index is 11.7. The Morgan fingerprint density at radius 3 is 2.16 bits per heavy atom. The van der Waals surface area contributed by atoms with Gasteiger partial charge < -0.3 is 10.6 Å². The van der Waals surface area contributed by atoms with Crippen molar-refractivity contribution in [3.05, 3.63) is 0 Å². The lowest BCUT2D eigenvalue weighted by atomic mass is 10.1. The number of carbonyl (C=O) groups excluding carboxylic acids is 2. The molecule has 0 aromatic carbocycles. The molecule has 1 unspecified atom stereocenters. The van der Waals surface area contributed by atoms with E-state index in [4.69, 9.17) is 0 Å². The third kappa shape index (κ3) is 10.5. The number of hydrogen-bond acceptors (Lipinski definition) is 3. The Bertz CT molecular complexity index is 296. The highest BCUT2D eigenvalue weighted by Crippen LogP contribution is 1.98. The summed E-state index contributed by atoms with van der Waals surface area (Å²) < 4.78 is 0. The lowest BCUT2D eigenvalue weighted by Crippen LogP contribution is -2.49. The summed E-state index contributed by atoms with van der Waals surface area (Å²) in [5, 5.41) is 8.61. The number of carbonyl (C=O) groups is 2. The van der Waals surface area contributed by atoms with Gasteiger partial charge in [-0.15, -0.1) is 0 Å². The molecule has 0 spiro atoms. The maximum atomic E-state index is 11.7. The van der Waals surface area contributed by atoms with Crippen LogP contribution in [0.15, 0.2) is 0 Å². The van der Waals surface area contributed by atoms with Crippen molar-refractivity contribution in [3.8, 4) is 0 Å². The molecular weight excluding hydrogens is 242 g/mol. The summed E-state index contributed by atoms with van der Waals surface area (Å²) in [6.45, 7) is 12.6. The fourth-order valence-electron chi connectivity index (χ4n) is 1.44. The SMILES string of the molecule is CC(C)CCNC(=O)C(C)NCC(=O)NC(C)(C)C. The van der Waals surface area contributed by atoms with Crippen LogP contribution in [-0.2, 0) is 9.59 Å². The van der Waals surface area contributed by atoms with Crippen LogP contribution in [0.4, 0.5) is 0 Å². The quantitative estimate of drug-likeness (QED) is 0.648. The zero-order chi connectivity index (χ0) is 15.1. The molecule has 19 heavy (non-hydrogen) atoms. The van der Waals surface area contributed by atoms with Gasteiger partial charge in [-0.05, 0) is 40.0 Å². The van der Waals surface area contributed by atoms with Crippen molar-refractivity contribution in [1.29, 1.82) is 0 Å². The fraction of sp³-hybridized carbons (Fsp3) is 0.857.